The Morgan fingerprint density at radius 2 is 1.81 bits per heavy atom. The highest BCUT2D eigenvalue weighted by atomic mass is 16.5. The predicted molar refractivity (Wildman–Crippen MR) is 266 cm³/mol. The number of nitrogens with one attached hydrogen (secondary N) is 3. The Kier molecular flexibility index (Phi) is 15.6. The molecule has 0 aliphatic carbocycles. The van der Waals surface area contributed by atoms with E-state index in [2.05, 4.69) is 91.3 Å². The van der Waals surface area contributed by atoms with Crippen LogP contribution in [-0.2, 0) is 53.6 Å². The lowest BCUT2D eigenvalue weighted by atomic mass is 9.83. The van der Waals surface area contributed by atoms with E-state index in [1.165, 1.54) is 17.9 Å². The van der Waals surface area contributed by atoms with Crippen molar-refractivity contribution in [3.8, 4) is 22.4 Å². The molecule has 3 aliphatic heterocycles. The van der Waals surface area contributed by atoms with Gasteiger partial charge in [-0.15, -0.1) is 0 Å². The van der Waals surface area contributed by atoms with E-state index in [9.17, 15) is 24.0 Å². The monoisotopic (exact) mass is 929 g/mol. The van der Waals surface area contributed by atoms with Crippen molar-refractivity contribution in [2.24, 2.45) is 17.3 Å². The number of ether oxygens (including phenoxy) is 1. The van der Waals surface area contributed by atoms with Crippen LogP contribution in [-0.4, -0.2) is 112 Å². The molecule has 0 bridgehead atoms. The van der Waals surface area contributed by atoms with Gasteiger partial charge >= 0.3 is 5.97 Å². The van der Waals surface area contributed by atoms with Gasteiger partial charge in [0.15, 0.2) is 0 Å². The van der Waals surface area contributed by atoms with Gasteiger partial charge in [-0.05, 0) is 117 Å². The minimum Gasteiger partial charge on any atom is -0.465 e. The molecule has 3 N–H and O–H groups in total. The highest BCUT2D eigenvalue weighted by molar-refractivity contribution is 5.96. The molecule has 68 heavy (non-hydrogen) atoms. The van der Waals surface area contributed by atoms with Crippen LogP contribution >= 0.6 is 0 Å². The number of amides is 4. The predicted octanol–water partition coefficient (Wildman–Crippen LogP) is 6.79. The number of carbonyl (C=O) groups excluding carboxylic acids is 5. The fourth-order valence-electron chi connectivity index (χ4n) is 10.7. The highest BCUT2D eigenvalue weighted by Crippen LogP contribution is 2.43. The van der Waals surface area contributed by atoms with Gasteiger partial charge in [0.05, 0.1) is 29.5 Å². The summed E-state index contributed by atoms with van der Waals surface area (Å²) in [6.07, 6.45) is 8.36. The summed E-state index contributed by atoms with van der Waals surface area (Å²) in [7, 11) is 1.64. The van der Waals surface area contributed by atoms with Crippen molar-refractivity contribution < 1.29 is 28.7 Å². The third-order valence-electron chi connectivity index (χ3n) is 14.1. The molecule has 4 amide bonds. The van der Waals surface area contributed by atoms with Crippen LogP contribution in [0.2, 0.25) is 0 Å². The van der Waals surface area contributed by atoms with E-state index in [1.807, 2.05) is 38.2 Å². The van der Waals surface area contributed by atoms with E-state index in [4.69, 9.17) is 9.72 Å². The molecule has 0 saturated carbocycles. The average molecular weight is 929 g/mol. The summed E-state index contributed by atoms with van der Waals surface area (Å²) < 4.78 is 8.02. The number of likely N-dealkylation sites (tertiary alicyclic amines) is 1. The van der Waals surface area contributed by atoms with Crippen LogP contribution in [0.3, 0.4) is 0 Å². The maximum Gasteiger partial charge on any atom is 0.302 e. The van der Waals surface area contributed by atoms with E-state index in [0.717, 1.165) is 88.9 Å². The molecule has 4 aromatic rings. The first-order valence-electron chi connectivity index (χ1n) is 24.6. The number of likely N-dealkylation sites (N-methyl/N-ethyl adjacent to an activating group) is 1. The number of benzene rings is 2. The van der Waals surface area contributed by atoms with Crippen molar-refractivity contribution in [3.63, 3.8) is 0 Å². The lowest BCUT2D eigenvalue weighted by Gasteiger charge is -2.35. The number of hydrazine groups is 1. The molecule has 2 aromatic carbocycles. The molecule has 2 aromatic heterocycles. The van der Waals surface area contributed by atoms with Crippen LogP contribution in [0.5, 0.6) is 0 Å². The summed E-state index contributed by atoms with van der Waals surface area (Å²) in [6.45, 7) is 21.4. The van der Waals surface area contributed by atoms with E-state index >= 15 is 0 Å². The normalized spacial score (nSPS) is 19.5. The zero-order valence-corrected chi connectivity index (χ0v) is 41.5. The first-order chi connectivity index (χ1) is 32.4. The number of rotatable bonds is 17. The Labute approximate surface area is 402 Å². The molecule has 0 spiro atoms. The molecule has 5 heterocycles. The summed E-state index contributed by atoms with van der Waals surface area (Å²) in [5, 5.41) is 9.57. The second-order valence-corrected chi connectivity index (χ2v) is 20.4. The van der Waals surface area contributed by atoms with Crippen LogP contribution in [0.15, 0.2) is 73.4 Å². The molecule has 364 valence electrons. The third-order valence-corrected chi connectivity index (χ3v) is 14.1. The van der Waals surface area contributed by atoms with Crippen molar-refractivity contribution in [3.05, 3.63) is 90.3 Å². The average Bonchev–Trinajstić information content (AvgIpc) is 4.08. The molecule has 7 rings (SSSR count). The van der Waals surface area contributed by atoms with Gasteiger partial charge in [-0.3, -0.25) is 34.0 Å². The number of pyridine rings is 1. The molecule has 4 atom stereocenters. The van der Waals surface area contributed by atoms with E-state index in [-0.39, 0.29) is 54.7 Å². The van der Waals surface area contributed by atoms with Crippen molar-refractivity contribution in [2.45, 2.75) is 118 Å². The minimum absolute atomic E-state index is 0.207. The third kappa shape index (κ3) is 10.9. The summed E-state index contributed by atoms with van der Waals surface area (Å²) in [5.74, 6) is -2.06. The molecular formula is C54H72N8O6. The molecule has 14 nitrogen and oxygen atoms in total. The number of esters is 1. The molecule has 1 unspecified atom stereocenters. The number of carbonyl (C=O) groups is 5. The van der Waals surface area contributed by atoms with E-state index in [0.29, 0.717) is 32.5 Å². The van der Waals surface area contributed by atoms with Gasteiger partial charge in [0.1, 0.15) is 12.1 Å². The van der Waals surface area contributed by atoms with Gasteiger partial charge in [0.2, 0.25) is 17.7 Å². The number of hydrogen-bond donors (Lipinski definition) is 3. The Balaban J connectivity index is 1.23. The Morgan fingerprint density at radius 3 is 2.49 bits per heavy atom. The molecule has 14 heteroatoms. The van der Waals surface area contributed by atoms with Crippen LogP contribution in [0.4, 0.5) is 0 Å². The largest absolute Gasteiger partial charge is 0.465 e. The second kappa shape index (κ2) is 21.2. The fraction of sp³-hybridized carbons (Fsp3) is 0.519. The lowest BCUT2D eigenvalue weighted by molar-refractivity contribution is -0.146. The molecular weight excluding hydrogens is 857 g/mol. The molecule has 3 saturated heterocycles. The Bertz CT molecular complexity index is 2520. The summed E-state index contributed by atoms with van der Waals surface area (Å²) >= 11 is 0. The minimum atomic E-state index is -0.917. The fourth-order valence-corrected chi connectivity index (χ4v) is 10.7. The highest BCUT2D eigenvalue weighted by Gasteiger charge is 2.40. The van der Waals surface area contributed by atoms with Crippen LogP contribution < -0.4 is 16.1 Å². The van der Waals surface area contributed by atoms with E-state index < -0.39 is 29.3 Å². The topological polar surface area (TPSA) is 158 Å². The van der Waals surface area contributed by atoms with E-state index in [1.54, 1.807) is 17.0 Å². The van der Waals surface area contributed by atoms with Gasteiger partial charge in [0, 0.05) is 81.2 Å². The number of nitrogens with zero attached hydrogens (tertiary/aromatic N) is 5. The summed E-state index contributed by atoms with van der Waals surface area (Å²) in [4.78, 5) is 75.2. The standard InChI is InChI=1S/C54H72N8O6/c1-10-46(64)60-28-22-40(33-60)51(66)59(9)47(35(3)4)50(65)58-44(52(67)62-27-13-12-26-57-62)30-37-17-14-18-38(29-37)39-20-21-45-42(31-39)43(32-53(6,7)34-68-36(5)63)48(61(45)11-2)41-19-15-24-55-49(41)54(8)23-16-25-56-54/h10,14-15,17-21,24,29,31,35,40,44,47,56-57H,1,11-13,16,22-23,25-28,30,32-34H2,2-9H3,(H,58,65)/t40?,44-,47-,54-/m0/s1. The van der Waals surface area contributed by atoms with Crippen molar-refractivity contribution in [2.75, 3.05) is 46.4 Å². The first kappa shape index (κ1) is 50.0. The van der Waals surface area contributed by atoms with Crippen LogP contribution in [0.25, 0.3) is 33.3 Å². The van der Waals surface area contributed by atoms with Crippen molar-refractivity contribution in [1.82, 2.24) is 40.4 Å². The zero-order chi connectivity index (χ0) is 48.9. The molecule has 3 aliphatic rings. The first-order valence-corrected chi connectivity index (χ1v) is 24.6. The SMILES string of the molecule is C=CC(=O)N1CCC(C(=O)N(C)[C@H](C(=O)N[C@@H](Cc2cccc(-c3ccc4c(c3)c(CC(C)(C)COC(C)=O)c(-c3cccnc3[C@]3(C)CCCN3)n4CC)c2)C(=O)N2CCCCN2)C(C)C)C1. The summed E-state index contributed by atoms with van der Waals surface area (Å²) in [6, 6.07) is 17.2. The Hall–Kier alpha value is -5.86. The molecule has 0 radical (unpaired) electrons. The number of hydrogen-bond acceptors (Lipinski definition) is 9. The van der Waals surface area contributed by atoms with Crippen molar-refractivity contribution in [1.29, 1.82) is 0 Å². The second-order valence-electron chi connectivity index (χ2n) is 20.4. The van der Waals surface area contributed by atoms with Crippen LogP contribution in [0, 0.1) is 17.3 Å². The van der Waals surface area contributed by atoms with Gasteiger partial charge in [-0.25, -0.2) is 5.43 Å². The van der Waals surface area contributed by atoms with Crippen LogP contribution in [0.1, 0.15) is 97.4 Å². The van der Waals surface area contributed by atoms with Gasteiger partial charge in [-0.2, -0.15) is 0 Å². The maximum atomic E-state index is 14.4. The molecule has 3 fully saturated rings. The quantitative estimate of drug-likeness (QED) is 0.0766. The van der Waals surface area contributed by atoms with Gasteiger partial charge < -0.3 is 29.7 Å². The van der Waals surface area contributed by atoms with Gasteiger partial charge in [-0.1, -0.05) is 64.6 Å². The number of aromatic nitrogens is 2. The lowest BCUT2D eigenvalue weighted by Crippen LogP contribution is -2.59. The number of aryl methyl sites for hydroxylation is 1. The maximum absolute atomic E-state index is 14.4. The van der Waals surface area contributed by atoms with Crippen molar-refractivity contribution >= 4 is 40.5 Å². The Morgan fingerprint density at radius 1 is 1.03 bits per heavy atom. The number of fused-ring (bicyclic) bond motifs is 1. The smallest absolute Gasteiger partial charge is 0.302 e. The zero-order valence-electron chi connectivity index (χ0n) is 41.5. The summed E-state index contributed by atoms with van der Waals surface area (Å²) in [5.41, 5.74) is 10.9. The van der Waals surface area contributed by atoms with Gasteiger partial charge in [0.25, 0.3) is 5.91 Å².